The van der Waals surface area contributed by atoms with Gasteiger partial charge >= 0.3 is 0 Å². The molecule has 0 aromatic carbocycles. The van der Waals surface area contributed by atoms with Crippen LogP contribution >= 0.6 is 24.0 Å². The minimum atomic E-state index is 0. The number of aryl methyl sites for hydroxylation is 1. The monoisotopic (exact) mass is 217 g/mol. The van der Waals surface area contributed by atoms with E-state index in [4.69, 9.17) is 11.6 Å². The molecule has 0 fully saturated rings. The molecule has 0 saturated heterocycles. The largest absolute Gasteiger partial charge is 0.259 e. The highest BCUT2D eigenvalue weighted by Gasteiger charge is 2.16. The Balaban J connectivity index is 0.000000845. The van der Waals surface area contributed by atoms with Crippen molar-refractivity contribution in [3.63, 3.8) is 0 Å². The molecule has 1 unspecified atom stereocenters. The second kappa shape index (κ2) is 4.83. The molecule has 1 nitrogen and oxygen atoms in total. The predicted octanol–water partition coefficient (Wildman–Crippen LogP) is 3.51. The smallest absolute Gasteiger partial charge is 0.0760 e. The SMILES string of the molecule is Cl.ClC1CCCCc2cccnc21. The summed E-state index contributed by atoms with van der Waals surface area (Å²) in [6.07, 6.45) is 6.53. The zero-order valence-corrected chi connectivity index (χ0v) is 8.94. The Morgan fingerprint density at radius 3 is 3.08 bits per heavy atom. The van der Waals surface area contributed by atoms with E-state index in [1.165, 1.54) is 18.4 Å². The molecular weight excluding hydrogens is 205 g/mol. The van der Waals surface area contributed by atoms with Gasteiger partial charge in [-0.2, -0.15) is 0 Å². The second-order valence-electron chi connectivity index (χ2n) is 3.26. The fraction of sp³-hybridized carbons (Fsp3) is 0.500. The number of alkyl halides is 1. The summed E-state index contributed by atoms with van der Waals surface area (Å²) in [6.45, 7) is 0. The molecule has 0 spiro atoms. The lowest BCUT2D eigenvalue weighted by molar-refractivity contribution is 0.695. The Kier molecular flexibility index (Phi) is 4.01. The highest BCUT2D eigenvalue weighted by Crippen LogP contribution is 2.31. The summed E-state index contributed by atoms with van der Waals surface area (Å²) in [7, 11) is 0. The van der Waals surface area contributed by atoms with Gasteiger partial charge in [0.2, 0.25) is 0 Å². The van der Waals surface area contributed by atoms with Crippen LogP contribution in [0.5, 0.6) is 0 Å². The van der Waals surface area contributed by atoms with E-state index in [1.54, 1.807) is 0 Å². The summed E-state index contributed by atoms with van der Waals surface area (Å²) in [5, 5.41) is 0.142. The Hall–Kier alpha value is -0.270. The molecule has 1 aliphatic carbocycles. The van der Waals surface area contributed by atoms with Crippen LogP contribution in [0, 0.1) is 0 Å². The molecule has 1 atom stereocenters. The van der Waals surface area contributed by atoms with Crippen LogP contribution in [0.15, 0.2) is 18.3 Å². The summed E-state index contributed by atoms with van der Waals surface area (Å²) in [4.78, 5) is 4.33. The molecule has 1 aliphatic rings. The molecule has 0 radical (unpaired) electrons. The van der Waals surface area contributed by atoms with Crippen molar-refractivity contribution in [1.29, 1.82) is 0 Å². The van der Waals surface area contributed by atoms with Crippen molar-refractivity contribution >= 4 is 24.0 Å². The van der Waals surface area contributed by atoms with E-state index < -0.39 is 0 Å². The molecular formula is C10H13Cl2N. The Bertz CT molecular complexity index is 275. The van der Waals surface area contributed by atoms with E-state index in [0.717, 1.165) is 18.5 Å². The molecule has 1 aromatic rings. The number of pyridine rings is 1. The van der Waals surface area contributed by atoms with Gasteiger partial charge in [0.25, 0.3) is 0 Å². The summed E-state index contributed by atoms with van der Waals surface area (Å²) in [5.41, 5.74) is 2.45. The number of hydrogen-bond donors (Lipinski definition) is 0. The zero-order chi connectivity index (χ0) is 8.39. The van der Waals surface area contributed by atoms with Crippen molar-refractivity contribution in [2.45, 2.75) is 31.1 Å². The van der Waals surface area contributed by atoms with E-state index in [-0.39, 0.29) is 17.8 Å². The first-order valence-electron chi connectivity index (χ1n) is 4.46. The lowest BCUT2D eigenvalue weighted by atomic mass is 10.1. The van der Waals surface area contributed by atoms with Gasteiger partial charge in [-0.3, -0.25) is 4.98 Å². The Morgan fingerprint density at radius 2 is 2.23 bits per heavy atom. The van der Waals surface area contributed by atoms with Crippen LogP contribution in [-0.4, -0.2) is 4.98 Å². The molecule has 0 aliphatic heterocycles. The maximum absolute atomic E-state index is 6.19. The number of hydrogen-bond acceptors (Lipinski definition) is 1. The van der Waals surface area contributed by atoms with Gasteiger partial charge in [-0.1, -0.05) is 12.5 Å². The van der Waals surface area contributed by atoms with Crippen molar-refractivity contribution in [2.24, 2.45) is 0 Å². The molecule has 0 N–H and O–H groups in total. The second-order valence-corrected chi connectivity index (χ2v) is 3.79. The molecule has 0 bridgehead atoms. The minimum Gasteiger partial charge on any atom is -0.259 e. The van der Waals surface area contributed by atoms with E-state index >= 15 is 0 Å². The first-order chi connectivity index (χ1) is 5.88. The van der Waals surface area contributed by atoms with Crippen LogP contribution in [0.1, 0.15) is 35.9 Å². The first-order valence-corrected chi connectivity index (χ1v) is 4.89. The van der Waals surface area contributed by atoms with Gasteiger partial charge in [0.1, 0.15) is 0 Å². The summed E-state index contributed by atoms with van der Waals surface area (Å²) in [5.74, 6) is 0. The molecule has 72 valence electrons. The normalized spacial score (nSPS) is 21.2. The van der Waals surface area contributed by atoms with Crippen LogP contribution in [0.25, 0.3) is 0 Å². The number of rotatable bonds is 0. The van der Waals surface area contributed by atoms with Gasteiger partial charge in [-0.25, -0.2) is 0 Å². The summed E-state index contributed by atoms with van der Waals surface area (Å²) < 4.78 is 0. The van der Waals surface area contributed by atoms with Crippen LogP contribution in [0.2, 0.25) is 0 Å². The van der Waals surface area contributed by atoms with Gasteiger partial charge in [-0.05, 0) is 30.9 Å². The van der Waals surface area contributed by atoms with Gasteiger partial charge in [0, 0.05) is 6.20 Å². The van der Waals surface area contributed by atoms with Gasteiger partial charge in [0.15, 0.2) is 0 Å². The van der Waals surface area contributed by atoms with Crippen molar-refractivity contribution < 1.29 is 0 Å². The molecule has 3 heteroatoms. The average molecular weight is 218 g/mol. The van der Waals surface area contributed by atoms with Crippen LogP contribution < -0.4 is 0 Å². The Labute approximate surface area is 89.9 Å². The van der Waals surface area contributed by atoms with Gasteiger partial charge < -0.3 is 0 Å². The summed E-state index contributed by atoms with van der Waals surface area (Å²) >= 11 is 6.19. The molecule has 13 heavy (non-hydrogen) atoms. The number of fused-ring (bicyclic) bond motifs is 1. The maximum atomic E-state index is 6.19. The Morgan fingerprint density at radius 1 is 1.38 bits per heavy atom. The van der Waals surface area contributed by atoms with E-state index in [9.17, 15) is 0 Å². The third-order valence-corrected chi connectivity index (χ3v) is 2.80. The van der Waals surface area contributed by atoms with Gasteiger partial charge in [-0.15, -0.1) is 24.0 Å². The number of halogens is 2. The van der Waals surface area contributed by atoms with Crippen molar-refractivity contribution in [2.75, 3.05) is 0 Å². The molecule has 2 rings (SSSR count). The van der Waals surface area contributed by atoms with E-state index in [2.05, 4.69) is 11.1 Å². The lowest BCUT2D eigenvalue weighted by Crippen LogP contribution is -1.96. The topological polar surface area (TPSA) is 12.9 Å². The zero-order valence-electron chi connectivity index (χ0n) is 7.37. The third kappa shape index (κ3) is 2.35. The minimum absolute atomic E-state index is 0. The van der Waals surface area contributed by atoms with Crippen LogP contribution in [0.4, 0.5) is 0 Å². The standard InChI is InChI=1S/C10H12ClN.ClH/c11-9-6-2-1-4-8-5-3-7-12-10(8)9;/h3,5,7,9H,1-2,4,6H2;1H. The van der Waals surface area contributed by atoms with Crippen molar-refractivity contribution in [3.05, 3.63) is 29.6 Å². The molecule has 0 amide bonds. The van der Waals surface area contributed by atoms with Crippen LogP contribution in [0.3, 0.4) is 0 Å². The number of aromatic nitrogens is 1. The average Bonchev–Trinajstić information content (AvgIpc) is 2.29. The number of nitrogens with zero attached hydrogens (tertiary/aromatic N) is 1. The van der Waals surface area contributed by atoms with Crippen molar-refractivity contribution in [1.82, 2.24) is 4.98 Å². The van der Waals surface area contributed by atoms with Gasteiger partial charge in [0.05, 0.1) is 11.1 Å². The fourth-order valence-corrected chi connectivity index (χ4v) is 2.07. The third-order valence-electron chi connectivity index (χ3n) is 2.38. The fourth-order valence-electron chi connectivity index (χ4n) is 1.72. The molecule has 1 aromatic heterocycles. The highest BCUT2D eigenvalue weighted by molar-refractivity contribution is 6.20. The lowest BCUT2D eigenvalue weighted by Gasteiger charge is -2.07. The molecule has 1 heterocycles. The van der Waals surface area contributed by atoms with E-state index in [1.807, 2.05) is 12.3 Å². The maximum Gasteiger partial charge on any atom is 0.0760 e. The van der Waals surface area contributed by atoms with E-state index in [0.29, 0.717) is 0 Å². The molecule has 0 saturated carbocycles. The quantitative estimate of drug-likeness (QED) is 0.479. The predicted molar refractivity (Wildman–Crippen MR) is 57.6 cm³/mol. The van der Waals surface area contributed by atoms with Crippen LogP contribution in [-0.2, 0) is 6.42 Å². The highest BCUT2D eigenvalue weighted by atomic mass is 35.5. The summed E-state index contributed by atoms with van der Waals surface area (Å²) in [6, 6.07) is 4.14. The first kappa shape index (κ1) is 10.8. The van der Waals surface area contributed by atoms with Crippen molar-refractivity contribution in [3.8, 4) is 0 Å².